The number of halogens is 1. The average Bonchev–Trinajstić information content (AvgIpc) is 2.27. The van der Waals surface area contributed by atoms with Crippen LogP contribution >= 0.6 is 22.6 Å². The van der Waals surface area contributed by atoms with Crippen LogP contribution in [0.25, 0.3) is 0 Å². The third-order valence-corrected chi connectivity index (χ3v) is 2.75. The van der Waals surface area contributed by atoms with Crippen LogP contribution in [0.15, 0.2) is 24.3 Å². The normalized spacial score (nSPS) is 9.88. The van der Waals surface area contributed by atoms with E-state index in [1.807, 2.05) is 12.1 Å². The predicted molar refractivity (Wildman–Crippen MR) is 69.4 cm³/mol. The van der Waals surface area contributed by atoms with Gasteiger partial charge in [-0.2, -0.15) is 0 Å². The Morgan fingerprint density at radius 2 is 1.81 bits per heavy atom. The number of Topliss-reactive ketones (excluding diaryl/α,β-unsaturated/α-hetero) is 1. The van der Waals surface area contributed by atoms with E-state index < -0.39 is 0 Å². The maximum atomic E-state index is 11.7. The molecule has 0 N–H and O–H groups in total. The molecule has 0 spiro atoms. The van der Waals surface area contributed by atoms with E-state index in [-0.39, 0.29) is 24.6 Å². The summed E-state index contributed by atoms with van der Waals surface area (Å²) in [6.45, 7) is 2.11. The van der Waals surface area contributed by atoms with Crippen LogP contribution in [0.4, 0.5) is 0 Å². The zero-order valence-electron chi connectivity index (χ0n) is 9.03. The molecule has 0 aliphatic carbocycles. The highest BCUT2D eigenvalue weighted by Crippen LogP contribution is 2.10. The van der Waals surface area contributed by atoms with Crippen molar-refractivity contribution in [1.29, 1.82) is 0 Å². The quantitative estimate of drug-likeness (QED) is 0.473. The van der Waals surface area contributed by atoms with Gasteiger partial charge >= 0.3 is 5.97 Å². The van der Waals surface area contributed by atoms with Gasteiger partial charge in [0.05, 0.1) is 13.0 Å². The van der Waals surface area contributed by atoms with Crippen LogP contribution in [0.3, 0.4) is 0 Å². The summed E-state index contributed by atoms with van der Waals surface area (Å²) in [5, 5.41) is 0. The highest BCUT2D eigenvalue weighted by Gasteiger charge is 2.09. The van der Waals surface area contributed by atoms with Gasteiger partial charge in [-0.05, 0) is 41.6 Å². The molecule has 0 saturated heterocycles. The maximum absolute atomic E-state index is 11.7. The van der Waals surface area contributed by atoms with Crippen LogP contribution in [0.2, 0.25) is 0 Å². The Bertz CT molecular complexity index is 370. The third-order valence-electron chi connectivity index (χ3n) is 2.03. The lowest BCUT2D eigenvalue weighted by Crippen LogP contribution is -2.07. The van der Waals surface area contributed by atoms with Gasteiger partial charge in [0.15, 0.2) is 5.78 Å². The number of ether oxygens (including phenoxy) is 1. The molecule has 0 aromatic heterocycles. The van der Waals surface area contributed by atoms with Gasteiger partial charge < -0.3 is 4.74 Å². The van der Waals surface area contributed by atoms with Crippen LogP contribution in [0.1, 0.15) is 30.1 Å². The number of hydrogen-bond donors (Lipinski definition) is 0. The lowest BCUT2D eigenvalue weighted by molar-refractivity contribution is -0.143. The zero-order valence-corrected chi connectivity index (χ0v) is 11.2. The summed E-state index contributed by atoms with van der Waals surface area (Å²) in [5.74, 6) is -0.342. The second-order valence-electron chi connectivity index (χ2n) is 3.24. The van der Waals surface area contributed by atoms with E-state index >= 15 is 0 Å². The number of hydrogen-bond acceptors (Lipinski definition) is 3. The van der Waals surface area contributed by atoms with Crippen molar-refractivity contribution in [2.75, 3.05) is 6.61 Å². The Morgan fingerprint density at radius 3 is 2.38 bits per heavy atom. The van der Waals surface area contributed by atoms with Gasteiger partial charge in [-0.15, -0.1) is 0 Å². The van der Waals surface area contributed by atoms with E-state index in [4.69, 9.17) is 4.74 Å². The Morgan fingerprint density at radius 1 is 1.19 bits per heavy atom. The summed E-state index contributed by atoms with van der Waals surface area (Å²) in [6, 6.07) is 7.29. The minimum absolute atomic E-state index is 0.0237. The monoisotopic (exact) mass is 332 g/mol. The summed E-state index contributed by atoms with van der Waals surface area (Å²) in [5.41, 5.74) is 0.643. The molecule has 0 aliphatic heterocycles. The SMILES string of the molecule is CCOC(=O)CCC(=O)c1ccc(I)cc1. The molecule has 1 aromatic rings. The van der Waals surface area contributed by atoms with Crippen molar-refractivity contribution in [2.24, 2.45) is 0 Å². The van der Waals surface area contributed by atoms with Gasteiger partial charge in [-0.1, -0.05) is 12.1 Å². The van der Waals surface area contributed by atoms with E-state index in [9.17, 15) is 9.59 Å². The lowest BCUT2D eigenvalue weighted by Gasteiger charge is -2.02. The molecule has 0 fully saturated rings. The molecule has 86 valence electrons. The second kappa shape index (κ2) is 6.62. The van der Waals surface area contributed by atoms with E-state index in [1.165, 1.54) is 0 Å². The van der Waals surface area contributed by atoms with Crippen LogP contribution in [-0.2, 0) is 9.53 Å². The molecule has 1 rings (SSSR count). The molecule has 16 heavy (non-hydrogen) atoms. The molecular weight excluding hydrogens is 319 g/mol. The highest BCUT2D eigenvalue weighted by molar-refractivity contribution is 14.1. The van der Waals surface area contributed by atoms with Crippen molar-refractivity contribution in [3.8, 4) is 0 Å². The number of carbonyl (C=O) groups excluding carboxylic acids is 2. The number of benzene rings is 1. The van der Waals surface area contributed by atoms with Crippen LogP contribution in [-0.4, -0.2) is 18.4 Å². The van der Waals surface area contributed by atoms with Gasteiger partial charge in [-0.25, -0.2) is 0 Å². The first kappa shape index (κ1) is 13.2. The standard InChI is InChI=1S/C12H13IO3/c1-2-16-12(15)8-7-11(14)9-3-5-10(13)6-4-9/h3-6H,2,7-8H2,1H3. The molecule has 0 unspecified atom stereocenters. The average molecular weight is 332 g/mol. The Balaban J connectivity index is 2.47. The van der Waals surface area contributed by atoms with Crippen molar-refractivity contribution in [3.05, 3.63) is 33.4 Å². The van der Waals surface area contributed by atoms with Crippen LogP contribution in [0.5, 0.6) is 0 Å². The van der Waals surface area contributed by atoms with Crippen molar-refractivity contribution in [3.63, 3.8) is 0 Å². The van der Waals surface area contributed by atoms with Gasteiger partial charge in [0.1, 0.15) is 0 Å². The fraction of sp³-hybridized carbons (Fsp3) is 0.333. The van der Waals surface area contributed by atoms with Crippen molar-refractivity contribution in [1.82, 2.24) is 0 Å². The molecule has 0 radical (unpaired) electrons. The first-order valence-corrected chi connectivity index (χ1v) is 6.15. The molecule has 0 bridgehead atoms. The van der Waals surface area contributed by atoms with E-state index in [0.717, 1.165) is 3.57 Å². The van der Waals surface area contributed by atoms with E-state index in [1.54, 1.807) is 19.1 Å². The summed E-state index contributed by atoms with van der Waals surface area (Å²) in [7, 11) is 0. The topological polar surface area (TPSA) is 43.4 Å². The lowest BCUT2D eigenvalue weighted by atomic mass is 10.1. The van der Waals surface area contributed by atoms with Crippen LogP contribution in [0, 0.1) is 3.57 Å². The van der Waals surface area contributed by atoms with Gasteiger partial charge in [0.25, 0.3) is 0 Å². The molecule has 1 aromatic carbocycles. The third kappa shape index (κ3) is 4.30. The summed E-state index contributed by atoms with van der Waals surface area (Å²) in [6.07, 6.45) is 0.359. The second-order valence-corrected chi connectivity index (χ2v) is 4.48. The number of rotatable bonds is 5. The van der Waals surface area contributed by atoms with E-state index in [0.29, 0.717) is 12.2 Å². The summed E-state index contributed by atoms with van der Waals surface area (Å²) >= 11 is 2.18. The van der Waals surface area contributed by atoms with Crippen molar-refractivity contribution >= 4 is 34.3 Å². The fourth-order valence-electron chi connectivity index (χ4n) is 1.23. The van der Waals surface area contributed by atoms with Gasteiger partial charge in [0, 0.05) is 15.6 Å². The molecule has 0 heterocycles. The Labute approximate surface area is 108 Å². The first-order chi connectivity index (χ1) is 7.63. The van der Waals surface area contributed by atoms with Crippen molar-refractivity contribution < 1.29 is 14.3 Å². The summed E-state index contributed by atoms with van der Waals surface area (Å²) < 4.78 is 5.84. The maximum Gasteiger partial charge on any atom is 0.306 e. The van der Waals surface area contributed by atoms with E-state index in [2.05, 4.69) is 22.6 Å². The first-order valence-electron chi connectivity index (χ1n) is 5.08. The molecule has 0 saturated carbocycles. The van der Waals surface area contributed by atoms with Gasteiger partial charge in [0.2, 0.25) is 0 Å². The molecule has 0 atom stereocenters. The molecule has 3 nitrogen and oxygen atoms in total. The minimum Gasteiger partial charge on any atom is -0.466 e. The Kier molecular flexibility index (Phi) is 5.45. The van der Waals surface area contributed by atoms with Gasteiger partial charge in [-0.3, -0.25) is 9.59 Å². The minimum atomic E-state index is -0.318. The largest absolute Gasteiger partial charge is 0.466 e. The summed E-state index contributed by atoms with van der Waals surface area (Å²) in [4.78, 5) is 22.7. The van der Waals surface area contributed by atoms with Crippen LogP contribution < -0.4 is 0 Å². The highest BCUT2D eigenvalue weighted by atomic mass is 127. The zero-order chi connectivity index (χ0) is 12.0. The molecule has 4 heteroatoms. The fourth-order valence-corrected chi connectivity index (χ4v) is 1.59. The smallest absolute Gasteiger partial charge is 0.306 e. The molecule has 0 aliphatic rings. The Hall–Kier alpha value is -0.910. The number of ketones is 1. The number of carbonyl (C=O) groups is 2. The number of esters is 1. The molecular formula is C12H13IO3. The van der Waals surface area contributed by atoms with Crippen molar-refractivity contribution in [2.45, 2.75) is 19.8 Å². The predicted octanol–water partition coefficient (Wildman–Crippen LogP) is 2.82. The molecule has 0 amide bonds.